The van der Waals surface area contributed by atoms with Gasteiger partial charge in [-0.2, -0.15) is 0 Å². The molecule has 1 atom stereocenters. The summed E-state index contributed by atoms with van der Waals surface area (Å²) in [5, 5.41) is 0.483. The van der Waals surface area contributed by atoms with E-state index in [9.17, 15) is 9.59 Å². The summed E-state index contributed by atoms with van der Waals surface area (Å²) >= 11 is 5.94. The van der Waals surface area contributed by atoms with Crippen LogP contribution in [-0.2, 0) is 4.74 Å². The first-order chi connectivity index (χ1) is 9.66. The van der Waals surface area contributed by atoms with Crippen molar-refractivity contribution >= 4 is 29.2 Å². The number of benzene rings is 2. The van der Waals surface area contributed by atoms with E-state index in [0.717, 1.165) is 0 Å². The second-order valence-electron chi connectivity index (χ2n) is 4.68. The van der Waals surface area contributed by atoms with Gasteiger partial charge in [0.2, 0.25) is 6.23 Å². The standard InChI is InChI=1S/C15H8ClNO3/c16-8-5-6-9-11(7-8)13(18)17-12-4-2-1-3-10(12)15(19)20-14(9)17/h1-7,14H. The highest BCUT2D eigenvalue weighted by atomic mass is 35.5. The molecule has 0 saturated carbocycles. The molecule has 0 N–H and O–H groups in total. The van der Waals surface area contributed by atoms with Gasteiger partial charge >= 0.3 is 5.97 Å². The molecule has 0 spiro atoms. The molecule has 98 valence electrons. The van der Waals surface area contributed by atoms with Gasteiger partial charge in [-0.15, -0.1) is 0 Å². The molecule has 2 aromatic carbocycles. The number of para-hydroxylation sites is 1. The molecule has 4 nitrogen and oxygen atoms in total. The molecule has 20 heavy (non-hydrogen) atoms. The number of nitrogens with zero attached hydrogens (tertiary/aromatic N) is 1. The second-order valence-corrected chi connectivity index (χ2v) is 5.12. The Bertz CT molecular complexity index is 771. The van der Waals surface area contributed by atoms with E-state index >= 15 is 0 Å². The average Bonchev–Trinajstić information content (AvgIpc) is 2.72. The summed E-state index contributed by atoms with van der Waals surface area (Å²) in [5.41, 5.74) is 2.12. The fraction of sp³-hybridized carbons (Fsp3) is 0.0667. The summed E-state index contributed by atoms with van der Waals surface area (Å²) in [7, 11) is 0. The van der Waals surface area contributed by atoms with Crippen molar-refractivity contribution in [3.8, 4) is 0 Å². The second kappa shape index (κ2) is 3.84. The van der Waals surface area contributed by atoms with Crippen LogP contribution in [0.1, 0.15) is 32.5 Å². The van der Waals surface area contributed by atoms with E-state index in [1.165, 1.54) is 4.90 Å². The molecule has 0 saturated heterocycles. The molecule has 0 bridgehead atoms. The molecule has 2 aromatic rings. The molecule has 2 aliphatic heterocycles. The van der Waals surface area contributed by atoms with E-state index in [2.05, 4.69) is 0 Å². The topological polar surface area (TPSA) is 46.6 Å². The lowest BCUT2D eigenvalue weighted by atomic mass is 10.1. The van der Waals surface area contributed by atoms with Crippen molar-refractivity contribution in [2.24, 2.45) is 0 Å². The summed E-state index contributed by atoms with van der Waals surface area (Å²) < 4.78 is 5.40. The Morgan fingerprint density at radius 3 is 2.70 bits per heavy atom. The number of carbonyl (C=O) groups excluding carboxylic acids is 2. The zero-order valence-corrected chi connectivity index (χ0v) is 10.9. The van der Waals surface area contributed by atoms with Crippen LogP contribution in [-0.4, -0.2) is 11.9 Å². The van der Waals surface area contributed by atoms with Gasteiger partial charge < -0.3 is 4.74 Å². The Labute approximate surface area is 119 Å². The maximum Gasteiger partial charge on any atom is 0.342 e. The third-order valence-corrected chi connectivity index (χ3v) is 3.80. The lowest BCUT2D eigenvalue weighted by Gasteiger charge is -2.31. The number of amides is 1. The van der Waals surface area contributed by atoms with Crippen LogP contribution in [0.3, 0.4) is 0 Å². The molecule has 0 aromatic heterocycles. The molecule has 4 rings (SSSR count). The first-order valence-electron chi connectivity index (χ1n) is 6.10. The Kier molecular flexibility index (Phi) is 2.20. The molecule has 5 heteroatoms. The molecule has 0 aliphatic carbocycles. The van der Waals surface area contributed by atoms with Gasteiger partial charge in [-0.25, -0.2) is 4.79 Å². The van der Waals surface area contributed by atoms with E-state index in [0.29, 0.717) is 27.4 Å². The number of ether oxygens (including phenoxy) is 1. The van der Waals surface area contributed by atoms with E-state index in [-0.39, 0.29) is 5.91 Å². The van der Waals surface area contributed by atoms with Gasteiger partial charge in [-0.05, 0) is 24.3 Å². The normalized spacial score (nSPS) is 19.2. The van der Waals surface area contributed by atoms with Crippen LogP contribution in [0.25, 0.3) is 0 Å². The Morgan fingerprint density at radius 1 is 1.05 bits per heavy atom. The van der Waals surface area contributed by atoms with Gasteiger partial charge in [0.25, 0.3) is 5.91 Å². The SMILES string of the molecule is O=C1OC2c3ccc(Cl)cc3C(=O)N2c2ccccc21. The summed E-state index contributed by atoms with van der Waals surface area (Å²) in [6.45, 7) is 0. The van der Waals surface area contributed by atoms with Gasteiger partial charge in [0.1, 0.15) is 0 Å². The quantitative estimate of drug-likeness (QED) is 0.699. The van der Waals surface area contributed by atoms with Gasteiger partial charge in [0, 0.05) is 10.6 Å². The molecule has 2 aliphatic rings. The maximum absolute atomic E-state index is 12.5. The highest BCUT2D eigenvalue weighted by Gasteiger charge is 2.44. The average molecular weight is 286 g/mol. The van der Waals surface area contributed by atoms with Crippen LogP contribution in [0, 0.1) is 0 Å². The van der Waals surface area contributed by atoms with Crippen LogP contribution >= 0.6 is 11.6 Å². The lowest BCUT2D eigenvalue weighted by molar-refractivity contribution is 0.0273. The maximum atomic E-state index is 12.5. The van der Waals surface area contributed by atoms with Crippen molar-refractivity contribution in [2.45, 2.75) is 6.23 Å². The van der Waals surface area contributed by atoms with Crippen molar-refractivity contribution < 1.29 is 14.3 Å². The number of carbonyl (C=O) groups is 2. The smallest absolute Gasteiger partial charge is 0.342 e. The molecular weight excluding hydrogens is 278 g/mol. The van der Waals surface area contributed by atoms with E-state index in [4.69, 9.17) is 16.3 Å². The predicted molar refractivity (Wildman–Crippen MR) is 72.9 cm³/mol. The lowest BCUT2D eigenvalue weighted by Crippen LogP contribution is -2.36. The van der Waals surface area contributed by atoms with Crippen molar-refractivity contribution in [1.82, 2.24) is 0 Å². The van der Waals surface area contributed by atoms with Gasteiger partial charge in [-0.1, -0.05) is 29.8 Å². The van der Waals surface area contributed by atoms with E-state index in [1.807, 2.05) is 0 Å². The molecule has 2 heterocycles. The van der Waals surface area contributed by atoms with Crippen LogP contribution in [0.15, 0.2) is 42.5 Å². The highest BCUT2D eigenvalue weighted by Crippen LogP contribution is 2.43. The summed E-state index contributed by atoms with van der Waals surface area (Å²) in [4.78, 5) is 26.1. The third-order valence-electron chi connectivity index (χ3n) is 3.57. The van der Waals surface area contributed by atoms with Crippen LogP contribution in [0.2, 0.25) is 5.02 Å². The van der Waals surface area contributed by atoms with Gasteiger partial charge in [0.05, 0.1) is 16.8 Å². The van der Waals surface area contributed by atoms with E-state index in [1.54, 1.807) is 42.5 Å². The van der Waals surface area contributed by atoms with Crippen molar-refractivity contribution in [3.05, 3.63) is 64.2 Å². The summed E-state index contributed by atoms with van der Waals surface area (Å²) in [6.07, 6.45) is -0.697. The van der Waals surface area contributed by atoms with Gasteiger partial charge in [0.15, 0.2) is 0 Å². The van der Waals surface area contributed by atoms with Crippen molar-refractivity contribution in [3.63, 3.8) is 0 Å². The molecule has 1 unspecified atom stereocenters. The zero-order chi connectivity index (χ0) is 13.9. The van der Waals surface area contributed by atoms with Crippen LogP contribution in [0.4, 0.5) is 5.69 Å². The van der Waals surface area contributed by atoms with E-state index < -0.39 is 12.2 Å². The number of fused-ring (bicyclic) bond motifs is 5. The number of hydrogen-bond donors (Lipinski definition) is 0. The molecule has 0 radical (unpaired) electrons. The Balaban J connectivity index is 1.96. The Hall–Kier alpha value is -2.33. The third kappa shape index (κ3) is 1.37. The monoisotopic (exact) mass is 285 g/mol. The fourth-order valence-corrected chi connectivity index (χ4v) is 2.85. The highest BCUT2D eigenvalue weighted by molar-refractivity contribution is 6.31. The minimum Gasteiger partial charge on any atom is -0.433 e. The first kappa shape index (κ1) is 11.5. The van der Waals surface area contributed by atoms with Crippen molar-refractivity contribution in [1.29, 1.82) is 0 Å². The summed E-state index contributed by atoms with van der Waals surface area (Å²) in [6, 6.07) is 11.9. The number of rotatable bonds is 0. The molecule has 1 amide bonds. The molecule has 0 fully saturated rings. The number of esters is 1. The Morgan fingerprint density at radius 2 is 1.85 bits per heavy atom. The fourth-order valence-electron chi connectivity index (χ4n) is 2.68. The number of anilines is 1. The minimum absolute atomic E-state index is 0.201. The molecular formula is C15H8ClNO3. The summed E-state index contributed by atoms with van der Waals surface area (Å²) in [5.74, 6) is -0.620. The minimum atomic E-state index is -0.697. The first-order valence-corrected chi connectivity index (χ1v) is 6.47. The van der Waals surface area contributed by atoms with Crippen molar-refractivity contribution in [2.75, 3.05) is 4.90 Å². The number of hydrogen-bond acceptors (Lipinski definition) is 3. The largest absolute Gasteiger partial charge is 0.433 e. The predicted octanol–water partition coefficient (Wildman–Crippen LogP) is 3.17. The van der Waals surface area contributed by atoms with Gasteiger partial charge in [-0.3, -0.25) is 9.69 Å². The zero-order valence-electron chi connectivity index (χ0n) is 10.2. The van der Waals surface area contributed by atoms with Crippen LogP contribution < -0.4 is 4.90 Å². The number of halogens is 1. The van der Waals surface area contributed by atoms with Crippen LogP contribution in [0.5, 0.6) is 0 Å².